The average Bonchev–Trinajstić information content (AvgIpc) is 2.40. The molecule has 1 aromatic carbocycles. The van der Waals surface area contributed by atoms with Gasteiger partial charge in [0.05, 0.1) is 6.10 Å². The molecule has 18 heavy (non-hydrogen) atoms. The van der Waals surface area contributed by atoms with E-state index in [2.05, 4.69) is 19.1 Å². The fraction of sp³-hybridized carbons (Fsp3) is 0.625. The summed E-state index contributed by atoms with van der Waals surface area (Å²) in [5.41, 5.74) is 2.16. The van der Waals surface area contributed by atoms with Crippen molar-refractivity contribution in [3.8, 4) is 5.75 Å². The van der Waals surface area contributed by atoms with E-state index in [0.29, 0.717) is 5.92 Å². The van der Waals surface area contributed by atoms with Crippen LogP contribution >= 0.6 is 0 Å². The van der Waals surface area contributed by atoms with Crippen LogP contribution in [0.5, 0.6) is 5.75 Å². The molecule has 2 unspecified atom stereocenters. The number of fused-ring (bicyclic) bond motifs is 1. The highest BCUT2D eigenvalue weighted by molar-refractivity contribution is 5.40. The summed E-state index contributed by atoms with van der Waals surface area (Å²) in [5, 5.41) is 10.3. The van der Waals surface area contributed by atoms with E-state index in [1.807, 2.05) is 6.07 Å². The molecule has 1 heterocycles. The van der Waals surface area contributed by atoms with Crippen LogP contribution in [-0.4, -0.2) is 11.2 Å². The molecule has 2 aliphatic rings. The number of aliphatic hydroxyl groups is 1. The first kappa shape index (κ1) is 12.0. The lowest BCUT2D eigenvalue weighted by atomic mass is 9.81. The Bertz CT molecular complexity index is 421. The van der Waals surface area contributed by atoms with Crippen molar-refractivity contribution in [2.24, 2.45) is 5.92 Å². The van der Waals surface area contributed by atoms with Crippen LogP contribution in [0, 0.1) is 12.8 Å². The third-order valence-corrected chi connectivity index (χ3v) is 4.43. The van der Waals surface area contributed by atoms with E-state index >= 15 is 0 Å². The molecule has 1 aliphatic carbocycles. The predicted molar refractivity (Wildman–Crippen MR) is 71.7 cm³/mol. The van der Waals surface area contributed by atoms with Gasteiger partial charge < -0.3 is 9.84 Å². The number of ether oxygens (including phenoxy) is 1. The van der Waals surface area contributed by atoms with Crippen molar-refractivity contribution in [3.05, 3.63) is 29.3 Å². The molecule has 0 spiro atoms. The summed E-state index contributed by atoms with van der Waals surface area (Å²) in [6.45, 7) is 2.06. The zero-order valence-corrected chi connectivity index (χ0v) is 11.1. The van der Waals surface area contributed by atoms with Crippen molar-refractivity contribution in [1.29, 1.82) is 0 Å². The van der Waals surface area contributed by atoms with Crippen molar-refractivity contribution in [2.75, 3.05) is 0 Å². The lowest BCUT2D eigenvalue weighted by Gasteiger charge is -2.36. The zero-order valence-electron chi connectivity index (χ0n) is 11.1. The quantitative estimate of drug-likeness (QED) is 0.817. The summed E-state index contributed by atoms with van der Waals surface area (Å²) in [6.07, 6.45) is 7.17. The van der Waals surface area contributed by atoms with Crippen LogP contribution in [0.2, 0.25) is 0 Å². The van der Waals surface area contributed by atoms with Crippen molar-refractivity contribution < 1.29 is 9.84 Å². The molecule has 2 nitrogen and oxygen atoms in total. The van der Waals surface area contributed by atoms with Gasteiger partial charge in [-0.05, 0) is 37.8 Å². The van der Waals surface area contributed by atoms with Gasteiger partial charge in [-0.15, -0.1) is 0 Å². The number of benzene rings is 1. The van der Waals surface area contributed by atoms with Gasteiger partial charge in [-0.3, -0.25) is 0 Å². The standard InChI is InChI=1S/C16H22O2/c1-11-7-8-15-13(9-11)14(17)10-16(18-15)12-5-3-2-4-6-12/h7-9,12,14,16-17H,2-6,10H2,1H3. The van der Waals surface area contributed by atoms with Gasteiger partial charge in [0.1, 0.15) is 11.9 Å². The van der Waals surface area contributed by atoms with E-state index in [1.54, 1.807) is 0 Å². The number of aliphatic hydroxyl groups excluding tert-OH is 1. The molecule has 1 fully saturated rings. The van der Waals surface area contributed by atoms with Gasteiger partial charge in [0.25, 0.3) is 0 Å². The van der Waals surface area contributed by atoms with Crippen molar-refractivity contribution >= 4 is 0 Å². The first-order valence-electron chi connectivity index (χ1n) is 7.19. The van der Waals surface area contributed by atoms with Crippen LogP contribution in [-0.2, 0) is 0 Å². The fourth-order valence-electron chi connectivity index (χ4n) is 3.39. The van der Waals surface area contributed by atoms with E-state index in [-0.39, 0.29) is 12.2 Å². The molecule has 0 saturated heterocycles. The lowest BCUT2D eigenvalue weighted by molar-refractivity contribution is 0.0233. The minimum atomic E-state index is -0.347. The first-order valence-corrected chi connectivity index (χ1v) is 7.19. The third kappa shape index (κ3) is 2.26. The minimum Gasteiger partial charge on any atom is -0.490 e. The molecule has 2 heteroatoms. The van der Waals surface area contributed by atoms with E-state index in [0.717, 1.165) is 17.7 Å². The fourth-order valence-corrected chi connectivity index (χ4v) is 3.39. The molecule has 0 bridgehead atoms. The number of aryl methyl sites for hydroxylation is 1. The molecular formula is C16H22O2. The van der Waals surface area contributed by atoms with Crippen molar-refractivity contribution in [2.45, 2.75) is 57.7 Å². The summed E-state index contributed by atoms with van der Waals surface area (Å²) in [4.78, 5) is 0. The molecule has 1 saturated carbocycles. The highest BCUT2D eigenvalue weighted by Gasteiger charge is 2.33. The summed E-state index contributed by atoms with van der Waals surface area (Å²) < 4.78 is 6.14. The molecule has 0 radical (unpaired) electrons. The Kier molecular flexibility index (Phi) is 3.29. The largest absolute Gasteiger partial charge is 0.490 e. The van der Waals surface area contributed by atoms with Gasteiger partial charge >= 0.3 is 0 Å². The van der Waals surface area contributed by atoms with Gasteiger partial charge in [-0.25, -0.2) is 0 Å². The van der Waals surface area contributed by atoms with Crippen LogP contribution in [0.1, 0.15) is 55.8 Å². The first-order chi connectivity index (χ1) is 8.74. The van der Waals surface area contributed by atoms with Gasteiger partial charge in [-0.2, -0.15) is 0 Å². The molecule has 0 amide bonds. The molecule has 1 N–H and O–H groups in total. The van der Waals surface area contributed by atoms with Crippen LogP contribution in [0.25, 0.3) is 0 Å². The highest BCUT2D eigenvalue weighted by Crippen LogP contribution is 2.40. The maximum absolute atomic E-state index is 10.3. The second-order valence-corrected chi connectivity index (χ2v) is 5.85. The predicted octanol–water partition coefficient (Wildman–Crippen LogP) is 3.76. The number of hydrogen-bond donors (Lipinski definition) is 1. The van der Waals surface area contributed by atoms with Gasteiger partial charge in [0.15, 0.2) is 0 Å². The Morgan fingerprint density at radius 1 is 1.17 bits per heavy atom. The smallest absolute Gasteiger partial charge is 0.125 e. The van der Waals surface area contributed by atoms with E-state index in [1.165, 1.54) is 37.7 Å². The normalized spacial score (nSPS) is 28.6. The molecule has 1 aliphatic heterocycles. The molecule has 1 aromatic rings. The molecule has 0 aromatic heterocycles. The van der Waals surface area contributed by atoms with Gasteiger partial charge in [0, 0.05) is 12.0 Å². The Morgan fingerprint density at radius 2 is 1.94 bits per heavy atom. The Balaban J connectivity index is 1.80. The van der Waals surface area contributed by atoms with Gasteiger partial charge in [0.2, 0.25) is 0 Å². The Hall–Kier alpha value is -1.02. The molecule has 2 atom stereocenters. The van der Waals surface area contributed by atoms with Crippen molar-refractivity contribution in [3.63, 3.8) is 0 Å². The topological polar surface area (TPSA) is 29.5 Å². The minimum absolute atomic E-state index is 0.218. The summed E-state index contributed by atoms with van der Waals surface area (Å²) in [6, 6.07) is 6.13. The van der Waals surface area contributed by atoms with E-state index in [4.69, 9.17) is 4.74 Å². The lowest BCUT2D eigenvalue weighted by Crippen LogP contribution is -2.34. The maximum atomic E-state index is 10.3. The highest BCUT2D eigenvalue weighted by atomic mass is 16.5. The summed E-state index contributed by atoms with van der Waals surface area (Å²) >= 11 is 0. The van der Waals surface area contributed by atoms with Crippen LogP contribution < -0.4 is 4.74 Å². The SMILES string of the molecule is Cc1ccc2c(c1)C(O)CC(C1CCCCC1)O2. The second-order valence-electron chi connectivity index (χ2n) is 5.85. The Labute approximate surface area is 109 Å². The third-order valence-electron chi connectivity index (χ3n) is 4.43. The summed E-state index contributed by atoms with van der Waals surface area (Å²) in [7, 11) is 0. The molecule has 98 valence electrons. The van der Waals surface area contributed by atoms with E-state index < -0.39 is 0 Å². The average molecular weight is 246 g/mol. The van der Waals surface area contributed by atoms with E-state index in [9.17, 15) is 5.11 Å². The van der Waals surface area contributed by atoms with Crippen LogP contribution in [0.15, 0.2) is 18.2 Å². The molecule has 3 rings (SSSR count). The number of hydrogen-bond acceptors (Lipinski definition) is 2. The maximum Gasteiger partial charge on any atom is 0.125 e. The number of rotatable bonds is 1. The summed E-state index contributed by atoms with van der Waals surface area (Å²) in [5.74, 6) is 1.54. The Morgan fingerprint density at radius 3 is 2.72 bits per heavy atom. The van der Waals surface area contributed by atoms with Gasteiger partial charge in [-0.1, -0.05) is 30.9 Å². The zero-order chi connectivity index (χ0) is 12.5. The monoisotopic (exact) mass is 246 g/mol. The second kappa shape index (κ2) is 4.93. The van der Waals surface area contributed by atoms with Crippen LogP contribution in [0.3, 0.4) is 0 Å². The van der Waals surface area contributed by atoms with Crippen molar-refractivity contribution in [1.82, 2.24) is 0 Å². The molecular weight excluding hydrogens is 224 g/mol. The van der Waals surface area contributed by atoms with Crippen LogP contribution in [0.4, 0.5) is 0 Å².